The molecule has 2 aromatic rings. The largest absolute Gasteiger partial charge is 0.339 e. The Morgan fingerprint density at radius 3 is 2.56 bits per heavy atom. The van der Waals surface area contributed by atoms with Gasteiger partial charge in [0.2, 0.25) is 5.91 Å². The summed E-state index contributed by atoms with van der Waals surface area (Å²) >= 11 is 0. The van der Waals surface area contributed by atoms with Crippen molar-refractivity contribution >= 4 is 11.7 Å². The minimum atomic E-state index is -0.0246. The van der Waals surface area contributed by atoms with Crippen LogP contribution in [0.1, 0.15) is 53.6 Å². The van der Waals surface area contributed by atoms with Crippen molar-refractivity contribution in [3.8, 4) is 0 Å². The van der Waals surface area contributed by atoms with Gasteiger partial charge in [0.05, 0.1) is 11.8 Å². The van der Waals surface area contributed by atoms with Gasteiger partial charge in [0.1, 0.15) is 0 Å². The van der Waals surface area contributed by atoms with Gasteiger partial charge in [0.15, 0.2) is 5.78 Å². The van der Waals surface area contributed by atoms with Gasteiger partial charge in [-0.1, -0.05) is 29.8 Å². The summed E-state index contributed by atoms with van der Waals surface area (Å²) in [7, 11) is 1.78. The fourth-order valence-corrected chi connectivity index (χ4v) is 3.53. The Balaban J connectivity index is 1.57. The molecule has 2 heterocycles. The predicted molar refractivity (Wildman–Crippen MR) is 96.5 cm³/mol. The molecular formula is C20H25N3O2. The molecule has 1 aromatic carbocycles. The van der Waals surface area contributed by atoms with Gasteiger partial charge < -0.3 is 4.90 Å². The Bertz CT molecular complexity index is 764. The highest BCUT2D eigenvalue weighted by Gasteiger charge is 2.33. The molecule has 132 valence electrons. The van der Waals surface area contributed by atoms with Crippen LogP contribution in [0.4, 0.5) is 0 Å². The van der Waals surface area contributed by atoms with Gasteiger partial charge in [-0.15, -0.1) is 0 Å². The number of amides is 1. The van der Waals surface area contributed by atoms with Crippen LogP contribution < -0.4 is 0 Å². The third kappa shape index (κ3) is 3.98. The first kappa shape index (κ1) is 17.4. The Morgan fingerprint density at radius 2 is 1.92 bits per heavy atom. The van der Waals surface area contributed by atoms with Crippen molar-refractivity contribution in [3.63, 3.8) is 0 Å². The second kappa shape index (κ2) is 7.21. The fourth-order valence-electron chi connectivity index (χ4n) is 3.53. The molecule has 0 unspecified atom stereocenters. The number of aryl methyl sites for hydroxylation is 2. The monoisotopic (exact) mass is 339 g/mol. The Labute approximate surface area is 148 Å². The fraction of sp³-hybridized carbons (Fsp3) is 0.450. The van der Waals surface area contributed by atoms with E-state index in [9.17, 15) is 9.59 Å². The lowest BCUT2D eigenvalue weighted by Gasteiger charge is -2.21. The molecular weight excluding hydrogens is 314 g/mol. The van der Waals surface area contributed by atoms with Crippen molar-refractivity contribution in [2.45, 2.75) is 45.1 Å². The minimum absolute atomic E-state index is 0.0246. The Kier molecular flexibility index (Phi) is 5.02. The van der Waals surface area contributed by atoms with Crippen LogP contribution in [-0.4, -0.2) is 39.0 Å². The number of aromatic nitrogens is 2. The molecule has 0 saturated carbocycles. The topological polar surface area (TPSA) is 55.2 Å². The lowest BCUT2D eigenvalue weighted by atomic mass is 9.96. The molecule has 0 spiro atoms. The normalized spacial score (nSPS) is 20.0. The average Bonchev–Trinajstić information content (AvgIpc) is 3.19. The number of hydrogen-bond acceptors (Lipinski definition) is 3. The summed E-state index contributed by atoms with van der Waals surface area (Å²) in [5.74, 6) is 0.427. The maximum absolute atomic E-state index is 12.6. The molecule has 0 aliphatic carbocycles. The first-order chi connectivity index (χ1) is 11.9. The number of benzene rings is 1. The molecule has 0 radical (unpaired) electrons. The van der Waals surface area contributed by atoms with Crippen LogP contribution in [0.15, 0.2) is 36.7 Å². The zero-order chi connectivity index (χ0) is 18.0. The van der Waals surface area contributed by atoms with E-state index >= 15 is 0 Å². The third-order valence-corrected chi connectivity index (χ3v) is 5.04. The average molecular weight is 339 g/mol. The molecule has 5 heteroatoms. The molecule has 2 atom stereocenters. The number of rotatable bonds is 5. The van der Waals surface area contributed by atoms with Crippen LogP contribution >= 0.6 is 0 Å². The van der Waals surface area contributed by atoms with E-state index in [1.165, 1.54) is 11.1 Å². The van der Waals surface area contributed by atoms with Crippen molar-refractivity contribution in [3.05, 3.63) is 53.3 Å². The van der Waals surface area contributed by atoms with Crippen LogP contribution in [0.5, 0.6) is 0 Å². The molecule has 1 aliphatic rings. The maximum atomic E-state index is 12.6. The highest BCUT2D eigenvalue weighted by molar-refractivity contribution is 5.97. The molecule has 1 aliphatic heterocycles. The van der Waals surface area contributed by atoms with Gasteiger partial charge in [-0.25, -0.2) is 0 Å². The summed E-state index contributed by atoms with van der Waals surface area (Å²) in [4.78, 5) is 26.7. The van der Waals surface area contributed by atoms with Crippen LogP contribution in [0.3, 0.4) is 0 Å². The molecule has 0 N–H and O–H groups in total. The minimum Gasteiger partial charge on any atom is -0.339 e. The molecule has 1 amide bonds. The number of carbonyl (C=O) groups is 2. The van der Waals surface area contributed by atoms with Gasteiger partial charge in [0, 0.05) is 44.6 Å². The summed E-state index contributed by atoms with van der Waals surface area (Å²) in [6, 6.07) is 8.78. The van der Waals surface area contributed by atoms with Crippen LogP contribution in [0.25, 0.3) is 0 Å². The van der Waals surface area contributed by atoms with Crippen LogP contribution in [0.2, 0.25) is 0 Å². The second-order valence-corrected chi connectivity index (χ2v) is 7.06. The molecule has 3 rings (SSSR count). The summed E-state index contributed by atoms with van der Waals surface area (Å²) in [5.41, 5.74) is 3.11. The van der Waals surface area contributed by atoms with Crippen molar-refractivity contribution < 1.29 is 9.59 Å². The van der Waals surface area contributed by atoms with Crippen molar-refractivity contribution in [2.75, 3.05) is 6.54 Å². The summed E-state index contributed by atoms with van der Waals surface area (Å²) in [6.45, 7) is 4.91. The SMILES string of the molecule is Cc1ccc([C@@H]2C[C@@H](C)N(C(=O)CCC(=O)c3cnn(C)c3)C2)cc1. The number of hydrogen-bond donors (Lipinski definition) is 0. The van der Waals surface area contributed by atoms with E-state index < -0.39 is 0 Å². The first-order valence-electron chi connectivity index (χ1n) is 8.82. The zero-order valence-corrected chi connectivity index (χ0v) is 15.1. The van der Waals surface area contributed by atoms with E-state index in [1.807, 2.05) is 4.90 Å². The van der Waals surface area contributed by atoms with Crippen molar-refractivity contribution in [2.24, 2.45) is 7.05 Å². The maximum Gasteiger partial charge on any atom is 0.223 e. The Morgan fingerprint density at radius 1 is 1.20 bits per heavy atom. The lowest BCUT2D eigenvalue weighted by Crippen LogP contribution is -2.34. The van der Waals surface area contributed by atoms with Gasteiger partial charge in [-0.2, -0.15) is 5.10 Å². The highest BCUT2D eigenvalue weighted by atomic mass is 16.2. The third-order valence-electron chi connectivity index (χ3n) is 5.04. The number of nitrogens with zero attached hydrogens (tertiary/aromatic N) is 3. The van der Waals surface area contributed by atoms with E-state index in [-0.39, 0.29) is 30.6 Å². The standard InChI is InChI=1S/C20H25N3O2/c1-14-4-6-16(7-5-14)17-10-15(2)23(13-17)20(25)9-8-19(24)18-11-21-22(3)12-18/h4-7,11-12,15,17H,8-10,13H2,1-3H3/t15-,17-/m1/s1. The van der Waals surface area contributed by atoms with Crippen LogP contribution in [0, 0.1) is 6.92 Å². The van der Waals surface area contributed by atoms with Crippen LogP contribution in [-0.2, 0) is 11.8 Å². The van der Waals surface area contributed by atoms with Gasteiger partial charge in [-0.3, -0.25) is 14.3 Å². The zero-order valence-electron chi connectivity index (χ0n) is 15.1. The van der Waals surface area contributed by atoms with Crippen molar-refractivity contribution in [1.29, 1.82) is 0 Å². The highest BCUT2D eigenvalue weighted by Crippen LogP contribution is 2.32. The van der Waals surface area contributed by atoms with Crippen molar-refractivity contribution in [1.82, 2.24) is 14.7 Å². The first-order valence-corrected chi connectivity index (χ1v) is 8.82. The number of Topliss-reactive ketones (excluding diaryl/α,β-unsaturated/α-hetero) is 1. The van der Waals surface area contributed by atoms with Gasteiger partial charge in [0.25, 0.3) is 0 Å². The molecule has 0 bridgehead atoms. The second-order valence-electron chi connectivity index (χ2n) is 7.06. The smallest absolute Gasteiger partial charge is 0.223 e. The van der Waals surface area contributed by atoms with Gasteiger partial charge >= 0.3 is 0 Å². The van der Waals surface area contributed by atoms with E-state index in [1.54, 1.807) is 24.1 Å². The predicted octanol–water partition coefficient (Wildman–Crippen LogP) is 3.10. The number of likely N-dealkylation sites (tertiary alicyclic amines) is 1. The molecule has 5 nitrogen and oxygen atoms in total. The lowest BCUT2D eigenvalue weighted by molar-refractivity contribution is -0.131. The van der Waals surface area contributed by atoms with E-state index in [4.69, 9.17) is 0 Å². The molecule has 1 fully saturated rings. The van der Waals surface area contributed by atoms with E-state index in [0.717, 1.165) is 13.0 Å². The Hall–Kier alpha value is -2.43. The van der Waals surface area contributed by atoms with E-state index in [0.29, 0.717) is 11.5 Å². The molecule has 1 saturated heterocycles. The summed E-state index contributed by atoms with van der Waals surface area (Å²) < 4.78 is 1.60. The summed E-state index contributed by atoms with van der Waals surface area (Å²) in [5, 5.41) is 4.00. The molecule has 25 heavy (non-hydrogen) atoms. The number of ketones is 1. The molecule has 1 aromatic heterocycles. The van der Waals surface area contributed by atoms with Gasteiger partial charge in [-0.05, 0) is 25.8 Å². The quantitative estimate of drug-likeness (QED) is 0.787. The number of carbonyl (C=O) groups excluding carboxylic acids is 2. The summed E-state index contributed by atoms with van der Waals surface area (Å²) in [6.07, 6.45) is 4.73. The van der Waals surface area contributed by atoms with E-state index in [2.05, 4.69) is 43.2 Å².